The van der Waals surface area contributed by atoms with Crippen LogP contribution < -0.4 is 0 Å². The normalized spacial score (nSPS) is 14.3. The summed E-state index contributed by atoms with van der Waals surface area (Å²) in [4.78, 5) is 22.4. The van der Waals surface area contributed by atoms with Crippen molar-refractivity contribution in [3.8, 4) is 11.3 Å². The molecule has 0 bridgehead atoms. The lowest BCUT2D eigenvalue weighted by atomic mass is 9.99. The monoisotopic (exact) mass is 370 g/mol. The Labute approximate surface area is 161 Å². The average molecular weight is 370 g/mol. The SMILES string of the molecule is O=C(c1cnoc1-c1ccccc1)N1CC=C(c2c[nH]c3ncccc23)CC1. The zero-order chi connectivity index (χ0) is 18.9. The predicted molar refractivity (Wildman–Crippen MR) is 107 cm³/mol. The lowest BCUT2D eigenvalue weighted by Crippen LogP contribution is -2.34. The van der Waals surface area contributed by atoms with Gasteiger partial charge in [-0.2, -0.15) is 0 Å². The quantitative estimate of drug-likeness (QED) is 0.588. The van der Waals surface area contributed by atoms with Crippen molar-refractivity contribution in [1.82, 2.24) is 20.0 Å². The molecule has 28 heavy (non-hydrogen) atoms. The lowest BCUT2D eigenvalue weighted by Gasteiger charge is -2.26. The van der Waals surface area contributed by atoms with Crippen molar-refractivity contribution in [3.05, 3.63) is 78.3 Å². The van der Waals surface area contributed by atoms with Crippen LogP contribution in [-0.4, -0.2) is 39.0 Å². The van der Waals surface area contributed by atoms with Crippen molar-refractivity contribution < 1.29 is 9.32 Å². The first-order valence-electron chi connectivity index (χ1n) is 9.22. The second-order valence-electron chi connectivity index (χ2n) is 6.77. The van der Waals surface area contributed by atoms with Crippen molar-refractivity contribution >= 4 is 22.5 Å². The number of fused-ring (bicyclic) bond motifs is 1. The maximum absolute atomic E-state index is 13.0. The molecule has 0 saturated heterocycles. The molecular weight excluding hydrogens is 352 g/mol. The number of carbonyl (C=O) groups excluding carboxylic acids is 1. The highest BCUT2D eigenvalue weighted by atomic mass is 16.5. The van der Waals surface area contributed by atoms with Crippen LogP contribution in [0.25, 0.3) is 27.9 Å². The van der Waals surface area contributed by atoms with E-state index in [0.29, 0.717) is 24.4 Å². The first kappa shape index (κ1) is 16.5. The van der Waals surface area contributed by atoms with E-state index in [1.807, 2.05) is 47.5 Å². The summed E-state index contributed by atoms with van der Waals surface area (Å²) in [5.74, 6) is 0.457. The molecule has 1 N–H and O–H groups in total. The number of hydrogen-bond acceptors (Lipinski definition) is 4. The van der Waals surface area contributed by atoms with Crippen molar-refractivity contribution in [2.75, 3.05) is 13.1 Å². The highest BCUT2D eigenvalue weighted by Gasteiger charge is 2.25. The van der Waals surface area contributed by atoms with Gasteiger partial charge in [-0.25, -0.2) is 4.98 Å². The van der Waals surface area contributed by atoms with Gasteiger partial charge in [0.15, 0.2) is 5.76 Å². The van der Waals surface area contributed by atoms with E-state index in [9.17, 15) is 4.79 Å². The Bertz CT molecular complexity index is 1170. The number of hydrogen-bond donors (Lipinski definition) is 1. The summed E-state index contributed by atoms with van der Waals surface area (Å²) in [7, 11) is 0. The standard InChI is InChI=1S/C22H18N4O2/c27-22(19-14-25-28-20(19)16-5-2-1-3-6-16)26-11-8-15(9-12-26)18-13-24-21-17(18)7-4-10-23-21/h1-8,10,13-14H,9,11-12H2,(H,23,24). The Hall–Kier alpha value is -3.67. The number of aromatic amines is 1. The minimum Gasteiger partial charge on any atom is -0.355 e. The maximum Gasteiger partial charge on any atom is 0.259 e. The third kappa shape index (κ3) is 2.79. The van der Waals surface area contributed by atoms with E-state index < -0.39 is 0 Å². The van der Waals surface area contributed by atoms with Crippen LogP contribution in [0.2, 0.25) is 0 Å². The highest BCUT2D eigenvalue weighted by molar-refractivity contribution is 6.00. The van der Waals surface area contributed by atoms with E-state index in [0.717, 1.165) is 28.6 Å². The number of nitrogens with one attached hydrogen (secondary N) is 1. The number of carbonyl (C=O) groups is 1. The van der Waals surface area contributed by atoms with E-state index in [-0.39, 0.29) is 5.91 Å². The van der Waals surface area contributed by atoms with Gasteiger partial charge in [-0.1, -0.05) is 41.6 Å². The number of aromatic nitrogens is 3. The van der Waals surface area contributed by atoms with Crippen molar-refractivity contribution in [2.45, 2.75) is 6.42 Å². The van der Waals surface area contributed by atoms with Gasteiger partial charge in [0.05, 0.1) is 6.20 Å². The smallest absolute Gasteiger partial charge is 0.259 e. The Kier molecular flexibility index (Phi) is 4.01. The fourth-order valence-corrected chi connectivity index (χ4v) is 3.68. The van der Waals surface area contributed by atoms with E-state index in [4.69, 9.17) is 4.52 Å². The molecule has 6 nitrogen and oxygen atoms in total. The fraction of sp³-hybridized carbons (Fsp3) is 0.136. The highest BCUT2D eigenvalue weighted by Crippen LogP contribution is 2.30. The largest absolute Gasteiger partial charge is 0.355 e. The molecule has 4 aromatic rings. The van der Waals surface area contributed by atoms with Gasteiger partial charge < -0.3 is 14.4 Å². The zero-order valence-corrected chi connectivity index (χ0v) is 15.1. The second kappa shape index (κ2) is 6.81. The first-order valence-corrected chi connectivity index (χ1v) is 9.22. The molecule has 4 heterocycles. The molecule has 0 aliphatic carbocycles. The minimum atomic E-state index is -0.0593. The van der Waals surface area contributed by atoms with Crippen LogP contribution in [0.4, 0.5) is 0 Å². The summed E-state index contributed by atoms with van der Waals surface area (Å²) in [5, 5.41) is 4.97. The van der Waals surface area contributed by atoms with Gasteiger partial charge in [-0.05, 0) is 24.1 Å². The topological polar surface area (TPSA) is 75.0 Å². The summed E-state index contributed by atoms with van der Waals surface area (Å²) in [6, 6.07) is 13.6. The number of rotatable bonds is 3. The van der Waals surface area contributed by atoms with Crippen molar-refractivity contribution in [3.63, 3.8) is 0 Å². The summed E-state index contributed by atoms with van der Waals surface area (Å²) in [5.41, 5.74) is 4.62. The zero-order valence-electron chi connectivity index (χ0n) is 15.1. The van der Waals surface area contributed by atoms with Crippen LogP contribution in [0.15, 0.2) is 71.7 Å². The van der Waals surface area contributed by atoms with Crippen LogP contribution in [0.3, 0.4) is 0 Å². The predicted octanol–water partition coefficient (Wildman–Crippen LogP) is 4.15. The average Bonchev–Trinajstić information content (AvgIpc) is 3.41. The molecule has 138 valence electrons. The molecule has 6 heteroatoms. The van der Waals surface area contributed by atoms with Crippen LogP contribution in [0, 0.1) is 0 Å². The summed E-state index contributed by atoms with van der Waals surface area (Å²) < 4.78 is 5.37. The van der Waals surface area contributed by atoms with Gasteiger partial charge in [-0.3, -0.25) is 4.79 Å². The molecular formula is C22H18N4O2. The van der Waals surface area contributed by atoms with E-state index in [2.05, 4.69) is 27.3 Å². The third-order valence-electron chi connectivity index (χ3n) is 5.13. The number of H-pyrrole nitrogens is 1. The number of nitrogens with zero attached hydrogens (tertiary/aromatic N) is 3. The van der Waals surface area contributed by atoms with Crippen LogP contribution in [-0.2, 0) is 0 Å². The van der Waals surface area contributed by atoms with Gasteiger partial charge in [0.25, 0.3) is 5.91 Å². The summed E-state index contributed by atoms with van der Waals surface area (Å²) in [6.07, 6.45) is 8.19. The van der Waals surface area contributed by atoms with Crippen molar-refractivity contribution in [1.29, 1.82) is 0 Å². The first-order chi connectivity index (χ1) is 13.8. The van der Waals surface area contributed by atoms with Crippen LogP contribution in [0.1, 0.15) is 22.3 Å². The molecule has 0 fully saturated rings. The molecule has 0 unspecified atom stereocenters. The van der Waals surface area contributed by atoms with E-state index >= 15 is 0 Å². The Balaban J connectivity index is 1.39. The second-order valence-corrected chi connectivity index (χ2v) is 6.77. The molecule has 1 aromatic carbocycles. The Morgan fingerprint density at radius 3 is 2.86 bits per heavy atom. The molecule has 0 spiro atoms. The van der Waals surface area contributed by atoms with Gasteiger partial charge in [-0.15, -0.1) is 0 Å². The Morgan fingerprint density at radius 1 is 1.14 bits per heavy atom. The molecule has 1 aliphatic heterocycles. The van der Waals surface area contributed by atoms with Crippen LogP contribution >= 0.6 is 0 Å². The molecule has 1 aliphatic rings. The van der Waals surface area contributed by atoms with Gasteiger partial charge in [0.1, 0.15) is 11.2 Å². The minimum absolute atomic E-state index is 0.0593. The molecule has 0 saturated carbocycles. The van der Waals surface area contributed by atoms with E-state index in [1.165, 1.54) is 11.8 Å². The van der Waals surface area contributed by atoms with Gasteiger partial charge in [0.2, 0.25) is 0 Å². The van der Waals surface area contributed by atoms with Gasteiger partial charge >= 0.3 is 0 Å². The molecule has 5 rings (SSSR count). The summed E-state index contributed by atoms with van der Waals surface area (Å²) >= 11 is 0. The van der Waals surface area contributed by atoms with E-state index in [1.54, 1.807) is 6.20 Å². The maximum atomic E-state index is 13.0. The van der Waals surface area contributed by atoms with Crippen LogP contribution in [0.5, 0.6) is 0 Å². The fourth-order valence-electron chi connectivity index (χ4n) is 3.68. The lowest BCUT2D eigenvalue weighted by molar-refractivity contribution is 0.0773. The number of amides is 1. The van der Waals surface area contributed by atoms with Crippen molar-refractivity contribution in [2.24, 2.45) is 0 Å². The third-order valence-corrected chi connectivity index (χ3v) is 5.13. The number of benzene rings is 1. The molecule has 3 aromatic heterocycles. The Morgan fingerprint density at radius 2 is 2.04 bits per heavy atom. The van der Waals surface area contributed by atoms with Gasteiger partial charge in [0, 0.05) is 42.0 Å². The molecule has 1 amide bonds. The number of pyridine rings is 1. The summed E-state index contributed by atoms with van der Waals surface area (Å²) in [6.45, 7) is 1.21. The molecule has 0 radical (unpaired) electrons. The molecule has 0 atom stereocenters.